The van der Waals surface area contributed by atoms with Crippen molar-refractivity contribution >= 4 is 17.2 Å². The second-order valence-electron chi connectivity index (χ2n) is 6.86. The SMILES string of the molecule is CC(=O)NC1CC(c2nnc(CN3CC(c4nccs4)C3)n2C)C1. The van der Waals surface area contributed by atoms with Gasteiger partial charge in [0.25, 0.3) is 0 Å². The van der Waals surface area contributed by atoms with Crippen LogP contribution in [-0.2, 0) is 18.4 Å². The minimum Gasteiger partial charge on any atom is -0.354 e. The number of aromatic nitrogens is 4. The molecule has 1 aliphatic carbocycles. The second-order valence-corrected chi connectivity index (χ2v) is 7.79. The molecule has 4 rings (SSSR count). The highest BCUT2D eigenvalue weighted by Crippen LogP contribution is 2.36. The summed E-state index contributed by atoms with van der Waals surface area (Å²) in [5.74, 6) is 3.09. The maximum atomic E-state index is 11.1. The van der Waals surface area contributed by atoms with E-state index in [-0.39, 0.29) is 5.91 Å². The Kier molecular flexibility index (Phi) is 4.09. The highest BCUT2D eigenvalue weighted by molar-refractivity contribution is 7.09. The maximum Gasteiger partial charge on any atom is 0.217 e. The summed E-state index contributed by atoms with van der Waals surface area (Å²) in [6.45, 7) is 4.50. The van der Waals surface area contributed by atoms with E-state index in [9.17, 15) is 4.79 Å². The van der Waals surface area contributed by atoms with Crippen LogP contribution in [0.2, 0.25) is 0 Å². The molecule has 3 heterocycles. The van der Waals surface area contributed by atoms with Crippen LogP contribution in [0, 0.1) is 0 Å². The van der Waals surface area contributed by atoms with Crippen LogP contribution in [0.1, 0.15) is 48.3 Å². The first-order valence-electron chi connectivity index (χ1n) is 8.37. The third-order valence-electron chi connectivity index (χ3n) is 5.03. The first kappa shape index (κ1) is 15.7. The Bertz CT molecular complexity index is 715. The molecular formula is C16H22N6OS. The van der Waals surface area contributed by atoms with Gasteiger partial charge in [0.1, 0.15) is 11.6 Å². The van der Waals surface area contributed by atoms with Crippen LogP contribution < -0.4 is 5.32 Å². The molecule has 2 aromatic heterocycles. The molecule has 8 heteroatoms. The van der Waals surface area contributed by atoms with E-state index in [1.807, 2.05) is 11.6 Å². The van der Waals surface area contributed by atoms with E-state index < -0.39 is 0 Å². The van der Waals surface area contributed by atoms with Crippen LogP contribution in [0.5, 0.6) is 0 Å². The Hall–Kier alpha value is -1.80. The van der Waals surface area contributed by atoms with Crippen LogP contribution in [0.15, 0.2) is 11.6 Å². The van der Waals surface area contributed by atoms with Gasteiger partial charge in [-0.1, -0.05) is 0 Å². The zero-order valence-electron chi connectivity index (χ0n) is 14.0. The standard InChI is InChI=1S/C16H22N6OS/c1-10(23)18-13-5-11(6-13)15-20-19-14(21(15)2)9-22-7-12(8-22)16-17-3-4-24-16/h3-4,11-13H,5-9H2,1-2H3,(H,18,23). The average Bonchev–Trinajstić information content (AvgIpc) is 3.08. The number of likely N-dealkylation sites (tertiary alicyclic amines) is 1. The lowest BCUT2D eigenvalue weighted by Gasteiger charge is -2.38. The van der Waals surface area contributed by atoms with Crippen LogP contribution in [0.4, 0.5) is 0 Å². The van der Waals surface area contributed by atoms with Crippen molar-refractivity contribution < 1.29 is 4.79 Å². The molecule has 1 amide bonds. The molecule has 128 valence electrons. The summed E-state index contributed by atoms with van der Waals surface area (Å²) in [5.41, 5.74) is 0. The average molecular weight is 346 g/mol. The number of carbonyl (C=O) groups is 1. The topological polar surface area (TPSA) is 75.9 Å². The fraction of sp³-hybridized carbons (Fsp3) is 0.625. The third kappa shape index (κ3) is 2.95. The van der Waals surface area contributed by atoms with Crippen molar-refractivity contribution in [3.63, 3.8) is 0 Å². The zero-order valence-corrected chi connectivity index (χ0v) is 14.8. The summed E-state index contributed by atoms with van der Waals surface area (Å²) in [6.07, 6.45) is 3.80. The van der Waals surface area contributed by atoms with Crippen molar-refractivity contribution in [3.05, 3.63) is 28.2 Å². The fourth-order valence-electron chi connectivity index (χ4n) is 3.59. The predicted octanol–water partition coefficient (Wildman–Crippen LogP) is 1.25. The Labute approximate surface area is 145 Å². The van der Waals surface area contributed by atoms with Crippen molar-refractivity contribution in [2.75, 3.05) is 13.1 Å². The number of rotatable bonds is 5. The van der Waals surface area contributed by atoms with E-state index >= 15 is 0 Å². The quantitative estimate of drug-likeness (QED) is 0.882. The van der Waals surface area contributed by atoms with E-state index in [1.54, 1.807) is 18.3 Å². The third-order valence-corrected chi connectivity index (χ3v) is 5.97. The Morgan fingerprint density at radius 3 is 2.79 bits per heavy atom. The molecule has 7 nitrogen and oxygen atoms in total. The van der Waals surface area contributed by atoms with Crippen LogP contribution in [0.3, 0.4) is 0 Å². The van der Waals surface area contributed by atoms with Crippen molar-refractivity contribution in [2.24, 2.45) is 7.05 Å². The normalized spacial score (nSPS) is 24.4. The summed E-state index contributed by atoms with van der Waals surface area (Å²) in [5, 5.41) is 15.0. The van der Waals surface area contributed by atoms with E-state index in [0.717, 1.165) is 44.1 Å². The Morgan fingerprint density at radius 1 is 1.33 bits per heavy atom. The van der Waals surface area contributed by atoms with Gasteiger partial charge >= 0.3 is 0 Å². The number of hydrogen-bond donors (Lipinski definition) is 1. The van der Waals surface area contributed by atoms with Crippen LogP contribution in [0.25, 0.3) is 0 Å². The molecule has 0 bridgehead atoms. The van der Waals surface area contributed by atoms with Gasteiger partial charge in [-0.3, -0.25) is 9.69 Å². The lowest BCUT2D eigenvalue weighted by molar-refractivity contribution is -0.120. The molecule has 1 saturated heterocycles. The molecule has 2 aliphatic rings. The molecule has 24 heavy (non-hydrogen) atoms. The summed E-state index contributed by atoms with van der Waals surface area (Å²) in [4.78, 5) is 17.9. The lowest BCUT2D eigenvalue weighted by Crippen LogP contribution is -2.44. The fourth-order valence-corrected chi connectivity index (χ4v) is 4.32. The van der Waals surface area contributed by atoms with Gasteiger partial charge in [0.15, 0.2) is 0 Å². The molecule has 0 spiro atoms. The minimum absolute atomic E-state index is 0.0460. The van der Waals surface area contributed by atoms with Crippen molar-refractivity contribution in [1.82, 2.24) is 30.0 Å². The van der Waals surface area contributed by atoms with Crippen LogP contribution >= 0.6 is 11.3 Å². The predicted molar refractivity (Wildman–Crippen MR) is 90.7 cm³/mol. The summed E-state index contributed by atoms with van der Waals surface area (Å²) in [7, 11) is 2.05. The molecule has 2 aromatic rings. The molecular weight excluding hydrogens is 324 g/mol. The Morgan fingerprint density at radius 2 is 2.12 bits per heavy atom. The molecule has 0 radical (unpaired) electrons. The number of nitrogens with zero attached hydrogens (tertiary/aromatic N) is 5. The zero-order chi connectivity index (χ0) is 16.7. The summed E-state index contributed by atoms with van der Waals surface area (Å²) in [6, 6.07) is 0.294. The van der Waals surface area contributed by atoms with Gasteiger partial charge in [0, 0.05) is 56.5 Å². The highest BCUT2D eigenvalue weighted by atomic mass is 32.1. The number of thiazole rings is 1. The van der Waals surface area contributed by atoms with Gasteiger partial charge in [-0.05, 0) is 12.8 Å². The van der Waals surface area contributed by atoms with E-state index in [1.165, 1.54) is 5.01 Å². The first-order chi connectivity index (χ1) is 11.6. The van der Waals surface area contributed by atoms with Crippen molar-refractivity contribution in [2.45, 2.75) is 44.2 Å². The molecule has 0 unspecified atom stereocenters. The van der Waals surface area contributed by atoms with Gasteiger partial charge < -0.3 is 9.88 Å². The molecule has 2 fully saturated rings. The van der Waals surface area contributed by atoms with Gasteiger partial charge in [-0.15, -0.1) is 21.5 Å². The molecule has 1 saturated carbocycles. The van der Waals surface area contributed by atoms with Gasteiger partial charge in [-0.2, -0.15) is 0 Å². The summed E-state index contributed by atoms with van der Waals surface area (Å²) >= 11 is 1.74. The monoisotopic (exact) mass is 346 g/mol. The van der Waals surface area contributed by atoms with E-state index in [4.69, 9.17) is 0 Å². The van der Waals surface area contributed by atoms with Gasteiger partial charge in [-0.25, -0.2) is 4.98 Å². The highest BCUT2D eigenvalue weighted by Gasteiger charge is 2.35. The smallest absolute Gasteiger partial charge is 0.217 e. The minimum atomic E-state index is 0.0460. The maximum absolute atomic E-state index is 11.1. The molecule has 0 aromatic carbocycles. The van der Waals surface area contributed by atoms with Crippen LogP contribution in [-0.4, -0.2) is 49.7 Å². The van der Waals surface area contributed by atoms with Gasteiger partial charge in [0.2, 0.25) is 5.91 Å². The van der Waals surface area contributed by atoms with E-state index in [0.29, 0.717) is 17.9 Å². The van der Waals surface area contributed by atoms with Gasteiger partial charge in [0.05, 0.1) is 11.6 Å². The number of nitrogens with one attached hydrogen (secondary N) is 1. The lowest BCUT2D eigenvalue weighted by atomic mass is 9.79. The number of amides is 1. The molecule has 0 atom stereocenters. The second kappa shape index (κ2) is 6.25. The largest absolute Gasteiger partial charge is 0.354 e. The van der Waals surface area contributed by atoms with E-state index in [2.05, 4.69) is 37.0 Å². The summed E-state index contributed by atoms with van der Waals surface area (Å²) < 4.78 is 2.13. The Balaban J connectivity index is 1.30. The van der Waals surface area contributed by atoms with Crippen molar-refractivity contribution in [1.29, 1.82) is 0 Å². The number of hydrogen-bond acceptors (Lipinski definition) is 6. The van der Waals surface area contributed by atoms with Crippen molar-refractivity contribution in [3.8, 4) is 0 Å². The molecule has 1 N–H and O–H groups in total. The number of carbonyl (C=O) groups excluding carboxylic acids is 1. The molecule has 1 aliphatic heterocycles. The first-order valence-corrected chi connectivity index (χ1v) is 9.25.